The number of carbonyl (C=O) groups is 1. The quantitative estimate of drug-likeness (QED) is 0.858. The van der Waals surface area contributed by atoms with E-state index in [9.17, 15) is 9.18 Å². The second-order valence-electron chi connectivity index (χ2n) is 7.10. The number of hydrogen-bond acceptors (Lipinski definition) is 4. The van der Waals surface area contributed by atoms with Gasteiger partial charge >= 0.3 is 6.03 Å². The van der Waals surface area contributed by atoms with Crippen LogP contribution in [-0.4, -0.2) is 42.1 Å². The summed E-state index contributed by atoms with van der Waals surface area (Å²) < 4.78 is 14.5. The second kappa shape index (κ2) is 6.88. The first-order valence-corrected chi connectivity index (χ1v) is 9.75. The average molecular weight is 362 g/mol. The van der Waals surface area contributed by atoms with Gasteiger partial charge < -0.3 is 10.2 Å². The van der Waals surface area contributed by atoms with E-state index in [0.29, 0.717) is 16.2 Å². The third kappa shape index (κ3) is 3.48. The van der Waals surface area contributed by atoms with E-state index in [1.165, 1.54) is 23.8 Å². The fourth-order valence-corrected chi connectivity index (χ4v) is 4.86. The number of aromatic nitrogens is 1. The molecule has 2 aromatic rings. The molecule has 0 bridgehead atoms. The predicted molar refractivity (Wildman–Crippen MR) is 98.6 cm³/mol. The Morgan fingerprint density at radius 1 is 1.32 bits per heavy atom. The molecule has 2 aliphatic rings. The summed E-state index contributed by atoms with van der Waals surface area (Å²) >= 11 is 1.39. The summed E-state index contributed by atoms with van der Waals surface area (Å²) in [5.41, 5.74) is 1.19. The Bertz CT molecular complexity index is 740. The van der Waals surface area contributed by atoms with Crippen LogP contribution in [-0.2, 0) is 0 Å². The summed E-state index contributed by atoms with van der Waals surface area (Å²) in [5.74, 6) is 1.24. The second-order valence-corrected chi connectivity index (χ2v) is 8.13. The molecule has 1 aromatic heterocycles. The molecule has 25 heavy (non-hydrogen) atoms. The van der Waals surface area contributed by atoms with Crippen LogP contribution in [0.25, 0.3) is 10.2 Å². The summed E-state index contributed by atoms with van der Waals surface area (Å²) in [6.45, 7) is 5.58. The highest BCUT2D eigenvalue weighted by Gasteiger charge is 2.30. The summed E-state index contributed by atoms with van der Waals surface area (Å²) in [7, 11) is 0. The number of anilines is 1. The number of piperidine rings is 1. The van der Waals surface area contributed by atoms with Crippen LogP contribution in [0.4, 0.5) is 14.3 Å². The van der Waals surface area contributed by atoms with E-state index in [1.54, 1.807) is 13.0 Å². The lowest BCUT2D eigenvalue weighted by Gasteiger charge is -2.34. The SMILES string of the molecule is Cc1cc2sc(NC(=O)N3CCC(C4CCNC4)CC3)nc2cc1F. The van der Waals surface area contributed by atoms with Gasteiger partial charge in [0.05, 0.1) is 10.2 Å². The van der Waals surface area contributed by atoms with E-state index in [2.05, 4.69) is 15.6 Å². The maximum atomic E-state index is 13.6. The Morgan fingerprint density at radius 3 is 2.84 bits per heavy atom. The van der Waals surface area contributed by atoms with Crippen molar-refractivity contribution in [3.63, 3.8) is 0 Å². The smallest absolute Gasteiger partial charge is 0.323 e. The molecular weight excluding hydrogens is 339 g/mol. The minimum atomic E-state index is -0.265. The van der Waals surface area contributed by atoms with Crippen LogP contribution in [0.2, 0.25) is 0 Å². The van der Waals surface area contributed by atoms with Gasteiger partial charge in [-0.15, -0.1) is 0 Å². The molecule has 7 heteroatoms. The number of hydrogen-bond donors (Lipinski definition) is 2. The molecule has 1 atom stereocenters. The lowest BCUT2D eigenvalue weighted by molar-refractivity contribution is 0.163. The van der Waals surface area contributed by atoms with Gasteiger partial charge in [0.25, 0.3) is 0 Å². The number of likely N-dealkylation sites (tertiary alicyclic amines) is 1. The maximum Gasteiger partial charge on any atom is 0.323 e. The van der Waals surface area contributed by atoms with Gasteiger partial charge in [-0.25, -0.2) is 14.2 Å². The Hall–Kier alpha value is -1.73. The van der Waals surface area contributed by atoms with Crippen molar-refractivity contribution >= 4 is 32.7 Å². The molecule has 2 fully saturated rings. The zero-order valence-corrected chi connectivity index (χ0v) is 15.2. The Labute approximate surface area is 150 Å². The third-order valence-electron chi connectivity index (χ3n) is 5.47. The number of benzene rings is 1. The first-order chi connectivity index (χ1) is 12.1. The van der Waals surface area contributed by atoms with E-state index in [4.69, 9.17) is 0 Å². The highest BCUT2D eigenvalue weighted by Crippen LogP contribution is 2.30. The van der Waals surface area contributed by atoms with Gasteiger partial charge in [0.2, 0.25) is 0 Å². The first kappa shape index (κ1) is 16.7. The van der Waals surface area contributed by atoms with Crippen molar-refractivity contribution in [2.45, 2.75) is 26.2 Å². The minimum absolute atomic E-state index is 0.0979. The standard InChI is InChI=1S/C18H23FN4OS/c1-11-8-16-15(9-14(11)19)21-17(25-16)22-18(24)23-6-3-12(4-7-23)13-2-5-20-10-13/h8-9,12-13,20H,2-7,10H2,1H3,(H,21,22,24). The highest BCUT2D eigenvalue weighted by molar-refractivity contribution is 7.22. The summed E-state index contributed by atoms with van der Waals surface area (Å²) in [6.07, 6.45) is 3.41. The molecule has 5 nitrogen and oxygen atoms in total. The number of aryl methyl sites for hydroxylation is 1. The van der Waals surface area contributed by atoms with Crippen LogP contribution < -0.4 is 10.6 Å². The molecule has 0 radical (unpaired) electrons. The Balaban J connectivity index is 1.37. The molecule has 2 aliphatic heterocycles. The van der Waals surface area contributed by atoms with Crippen molar-refractivity contribution in [2.24, 2.45) is 11.8 Å². The number of fused-ring (bicyclic) bond motifs is 1. The molecule has 2 saturated heterocycles. The fraction of sp³-hybridized carbons (Fsp3) is 0.556. The molecule has 2 N–H and O–H groups in total. The van der Waals surface area contributed by atoms with Crippen LogP contribution in [0.3, 0.4) is 0 Å². The Kier molecular flexibility index (Phi) is 4.60. The lowest BCUT2D eigenvalue weighted by atomic mass is 9.84. The summed E-state index contributed by atoms with van der Waals surface area (Å²) in [6, 6.07) is 3.11. The van der Waals surface area contributed by atoms with E-state index in [1.807, 2.05) is 4.90 Å². The zero-order valence-electron chi connectivity index (χ0n) is 14.3. The number of rotatable bonds is 2. The lowest BCUT2D eigenvalue weighted by Crippen LogP contribution is -2.42. The Morgan fingerprint density at radius 2 is 2.12 bits per heavy atom. The minimum Gasteiger partial charge on any atom is -0.324 e. The van der Waals surface area contributed by atoms with Crippen LogP contribution in [0.1, 0.15) is 24.8 Å². The average Bonchev–Trinajstić information content (AvgIpc) is 3.25. The van der Waals surface area contributed by atoms with Gasteiger partial charge in [0.1, 0.15) is 5.82 Å². The molecule has 3 heterocycles. The maximum absolute atomic E-state index is 13.6. The monoisotopic (exact) mass is 362 g/mol. The number of halogens is 1. The van der Waals surface area contributed by atoms with Crippen LogP contribution >= 0.6 is 11.3 Å². The van der Waals surface area contributed by atoms with Crippen molar-refractivity contribution in [3.05, 3.63) is 23.5 Å². The van der Waals surface area contributed by atoms with Crippen molar-refractivity contribution in [3.8, 4) is 0 Å². The van der Waals surface area contributed by atoms with Crippen LogP contribution in [0.15, 0.2) is 12.1 Å². The molecule has 0 spiro atoms. The molecule has 2 amide bonds. The predicted octanol–water partition coefficient (Wildman–Crippen LogP) is 3.60. The molecule has 1 unspecified atom stereocenters. The molecule has 0 saturated carbocycles. The summed E-state index contributed by atoms with van der Waals surface area (Å²) in [5, 5.41) is 6.85. The van der Waals surface area contributed by atoms with Crippen LogP contribution in [0.5, 0.6) is 0 Å². The number of thiazole rings is 1. The third-order valence-corrected chi connectivity index (χ3v) is 6.41. The molecular formula is C18H23FN4OS. The van der Waals surface area contributed by atoms with Gasteiger partial charge in [-0.1, -0.05) is 11.3 Å². The molecule has 134 valence electrons. The van der Waals surface area contributed by atoms with Gasteiger partial charge in [-0.05, 0) is 62.7 Å². The zero-order chi connectivity index (χ0) is 17.4. The topological polar surface area (TPSA) is 57.3 Å². The van der Waals surface area contributed by atoms with Crippen molar-refractivity contribution < 1.29 is 9.18 Å². The van der Waals surface area contributed by atoms with E-state index in [0.717, 1.165) is 55.6 Å². The fourth-order valence-electron chi connectivity index (χ4n) is 3.93. The van der Waals surface area contributed by atoms with E-state index < -0.39 is 0 Å². The molecule has 4 rings (SSSR count). The molecule has 1 aromatic carbocycles. The number of nitrogens with zero attached hydrogens (tertiary/aromatic N) is 2. The normalized spacial score (nSPS) is 21.8. The molecule has 0 aliphatic carbocycles. The van der Waals surface area contributed by atoms with Crippen molar-refractivity contribution in [1.82, 2.24) is 15.2 Å². The van der Waals surface area contributed by atoms with Gasteiger partial charge in [0.15, 0.2) is 5.13 Å². The highest BCUT2D eigenvalue weighted by atomic mass is 32.1. The number of carbonyl (C=O) groups excluding carboxylic acids is 1. The first-order valence-electron chi connectivity index (χ1n) is 8.93. The van der Waals surface area contributed by atoms with Gasteiger partial charge in [-0.2, -0.15) is 0 Å². The van der Waals surface area contributed by atoms with Gasteiger partial charge in [-0.3, -0.25) is 5.32 Å². The number of urea groups is 1. The summed E-state index contributed by atoms with van der Waals surface area (Å²) in [4.78, 5) is 18.7. The van der Waals surface area contributed by atoms with Crippen LogP contribution in [0, 0.1) is 24.6 Å². The number of amides is 2. The number of nitrogens with one attached hydrogen (secondary N) is 2. The van der Waals surface area contributed by atoms with Crippen molar-refractivity contribution in [1.29, 1.82) is 0 Å². The van der Waals surface area contributed by atoms with Gasteiger partial charge in [0, 0.05) is 19.2 Å². The van der Waals surface area contributed by atoms with E-state index >= 15 is 0 Å². The van der Waals surface area contributed by atoms with E-state index in [-0.39, 0.29) is 11.8 Å². The largest absolute Gasteiger partial charge is 0.324 e. The van der Waals surface area contributed by atoms with Crippen molar-refractivity contribution in [2.75, 3.05) is 31.5 Å².